The first-order valence-electron chi connectivity index (χ1n) is 4.25. The molecule has 0 saturated carbocycles. The summed E-state index contributed by atoms with van der Waals surface area (Å²) in [5.41, 5.74) is 7.42. The van der Waals surface area contributed by atoms with Crippen molar-refractivity contribution in [1.29, 1.82) is 0 Å². The van der Waals surface area contributed by atoms with Gasteiger partial charge in [0.25, 0.3) is 0 Å². The first-order chi connectivity index (χ1) is 6.65. The van der Waals surface area contributed by atoms with Crippen molar-refractivity contribution >= 4 is 27.6 Å². The van der Waals surface area contributed by atoms with E-state index >= 15 is 0 Å². The van der Waals surface area contributed by atoms with E-state index in [1.807, 2.05) is 18.2 Å². The fraction of sp³-hybridized carbons (Fsp3) is 0.300. The highest BCUT2D eigenvalue weighted by molar-refractivity contribution is 9.10. The summed E-state index contributed by atoms with van der Waals surface area (Å²) in [7, 11) is 1.38. The molecule has 1 rings (SSSR count). The van der Waals surface area contributed by atoms with Crippen molar-refractivity contribution in [2.45, 2.75) is 12.8 Å². The van der Waals surface area contributed by atoms with Crippen LogP contribution in [0.25, 0.3) is 0 Å². The van der Waals surface area contributed by atoms with Crippen molar-refractivity contribution < 1.29 is 9.53 Å². The molecule has 1 aromatic rings. The van der Waals surface area contributed by atoms with E-state index in [9.17, 15) is 4.79 Å². The molecular formula is C10H12BrNO2. The zero-order valence-electron chi connectivity index (χ0n) is 7.92. The molecule has 0 radical (unpaired) electrons. The molecule has 76 valence electrons. The van der Waals surface area contributed by atoms with Gasteiger partial charge in [0.1, 0.15) is 0 Å². The van der Waals surface area contributed by atoms with Crippen LogP contribution in [0.1, 0.15) is 12.0 Å². The summed E-state index contributed by atoms with van der Waals surface area (Å²) in [5.74, 6) is -0.222. The lowest BCUT2D eigenvalue weighted by Gasteiger charge is -2.06. The molecule has 0 spiro atoms. The molecule has 3 nitrogen and oxygen atoms in total. The third kappa shape index (κ3) is 2.73. The van der Waals surface area contributed by atoms with Gasteiger partial charge in [-0.05, 0) is 24.1 Å². The van der Waals surface area contributed by atoms with Crippen molar-refractivity contribution in [2.24, 2.45) is 0 Å². The van der Waals surface area contributed by atoms with E-state index in [0.717, 1.165) is 10.0 Å². The van der Waals surface area contributed by atoms with E-state index in [1.54, 1.807) is 0 Å². The average molecular weight is 258 g/mol. The fourth-order valence-corrected chi connectivity index (χ4v) is 1.75. The zero-order valence-corrected chi connectivity index (χ0v) is 9.50. The minimum atomic E-state index is -0.222. The van der Waals surface area contributed by atoms with E-state index in [2.05, 4.69) is 20.7 Å². The van der Waals surface area contributed by atoms with Gasteiger partial charge in [0, 0.05) is 16.6 Å². The molecule has 0 aromatic heterocycles. The van der Waals surface area contributed by atoms with Gasteiger partial charge in [-0.1, -0.05) is 22.0 Å². The molecule has 0 aliphatic carbocycles. The van der Waals surface area contributed by atoms with E-state index < -0.39 is 0 Å². The first kappa shape index (κ1) is 11.0. The molecule has 0 saturated heterocycles. The highest BCUT2D eigenvalue weighted by Crippen LogP contribution is 2.23. The molecule has 0 atom stereocenters. The highest BCUT2D eigenvalue weighted by Gasteiger charge is 2.07. The maximum absolute atomic E-state index is 10.9. The number of methoxy groups -OCH3 is 1. The largest absolute Gasteiger partial charge is 0.469 e. The normalized spacial score (nSPS) is 9.86. The SMILES string of the molecule is COC(=O)CCc1c(N)cccc1Br. The summed E-state index contributed by atoms with van der Waals surface area (Å²) < 4.78 is 5.49. The number of hydrogen-bond donors (Lipinski definition) is 1. The van der Waals surface area contributed by atoms with Gasteiger partial charge in [0.05, 0.1) is 7.11 Å². The Morgan fingerprint density at radius 2 is 2.29 bits per heavy atom. The van der Waals surface area contributed by atoms with Crippen molar-refractivity contribution in [3.8, 4) is 0 Å². The predicted octanol–water partition coefficient (Wildman–Crippen LogP) is 2.14. The Bertz CT molecular complexity index is 319. The Morgan fingerprint density at radius 1 is 1.57 bits per heavy atom. The Hall–Kier alpha value is -1.03. The summed E-state index contributed by atoms with van der Waals surface area (Å²) in [6.07, 6.45) is 0.948. The molecule has 0 fully saturated rings. The molecule has 0 bridgehead atoms. The minimum absolute atomic E-state index is 0.222. The second kappa shape index (κ2) is 5.00. The number of hydrogen-bond acceptors (Lipinski definition) is 3. The number of halogens is 1. The van der Waals surface area contributed by atoms with Crippen LogP contribution in [0.4, 0.5) is 5.69 Å². The highest BCUT2D eigenvalue weighted by atomic mass is 79.9. The lowest BCUT2D eigenvalue weighted by Crippen LogP contribution is -2.04. The van der Waals surface area contributed by atoms with Crippen molar-refractivity contribution in [3.05, 3.63) is 28.2 Å². The monoisotopic (exact) mass is 257 g/mol. The second-order valence-corrected chi connectivity index (χ2v) is 3.74. The molecule has 0 unspecified atom stereocenters. The molecule has 0 heterocycles. The van der Waals surface area contributed by atoms with E-state index in [-0.39, 0.29) is 5.97 Å². The van der Waals surface area contributed by atoms with Crippen LogP contribution in [0.3, 0.4) is 0 Å². The molecule has 1 aromatic carbocycles. The first-order valence-corrected chi connectivity index (χ1v) is 5.04. The molecule has 0 amide bonds. The second-order valence-electron chi connectivity index (χ2n) is 2.88. The molecule has 2 N–H and O–H groups in total. The standard InChI is InChI=1S/C10H12BrNO2/c1-14-10(13)6-5-7-8(11)3-2-4-9(7)12/h2-4H,5-6,12H2,1H3. The maximum Gasteiger partial charge on any atom is 0.305 e. The number of esters is 1. The quantitative estimate of drug-likeness (QED) is 0.667. The lowest BCUT2D eigenvalue weighted by atomic mass is 10.1. The van der Waals surface area contributed by atoms with E-state index in [0.29, 0.717) is 18.5 Å². The van der Waals surface area contributed by atoms with Crippen molar-refractivity contribution in [3.63, 3.8) is 0 Å². The number of carbonyl (C=O) groups excluding carboxylic acids is 1. The summed E-state index contributed by atoms with van der Waals surface area (Å²) in [4.78, 5) is 10.9. The summed E-state index contributed by atoms with van der Waals surface area (Å²) in [6, 6.07) is 5.58. The van der Waals surface area contributed by atoms with Gasteiger partial charge in [0.15, 0.2) is 0 Å². The van der Waals surface area contributed by atoms with E-state index in [4.69, 9.17) is 5.73 Å². The van der Waals surface area contributed by atoms with Crippen molar-refractivity contribution in [2.75, 3.05) is 12.8 Å². The van der Waals surface area contributed by atoms with Crippen LogP contribution in [0, 0.1) is 0 Å². The van der Waals surface area contributed by atoms with E-state index in [1.165, 1.54) is 7.11 Å². The van der Waals surface area contributed by atoms with Crippen LogP contribution < -0.4 is 5.73 Å². The maximum atomic E-state index is 10.9. The molecule has 14 heavy (non-hydrogen) atoms. The average Bonchev–Trinajstić information content (AvgIpc) is 2.16. The van der Waals surface area contributed by atoms with Crippen LogP contribution >= 0.6 is 15.9 Å². The molecule has 0 aliphatic heterocycles. The summed E-state index contributed by atoms with van der Waals surface area (Å²) in [5, 5.41) is 0. The molecule has 0 aliphatic rings. The van der Waals surface area contributed by atoms with Gasteiger partial charge < -0.3 is 10.5 Å². The van der Waals surface area contributed by atoms with Crippen LogP contribution in [-0.2, 0) is 16.0 Å². The predicted molar refractivity (Wildman–Crippen MR) is 58.9 cm³/mol. The number of anilines is 1. The minimum Gasteiger partial charge on any atom is -0.469 e. The molecule has 4 heteroatoms. The number of carbonyl (C=O) groups is 1. The third-order valence-corrected chi connectivity index (χ3v) is 2.70. The number of benzene rings is 1. The summed E-state index contributed by atoms with van der Waals surface area (Å²) >= 11 is 3.39. The van der Waals surface area contributed by atoms with Gasteiger partial charge in [-0.3, -0.25) is 4.79 Å². The van der Waals surface area contributed by atoms with Crippen LogP contribution in [0.2, 0.25) is 0 Å². The Kier molecular flexibility index (Phi) is 3.95. The number of nitrogen functional groups attached to an aromatic ring is 1. The van der Waals surface area contributed by atoms with Gasteiger partial charge in [-0.25, -0.2) is 0 Å². The third-order valence-electron chi connectivity index (χ3n) is 1.96. The summed E-state index contributed by atoms with van der Waals surface area (Å²) in [6.45, 7) is 0. The van der Waals surface area contributed by atoms with Crippen LogP contribution in [0.5, 0.6) is 0 Å². The van der Waals surface area contributed by atoms with Gasteiger partial charge in [-0.2, -0.15) is 0 Å². The topological polar surface area (TPSA) is 52.3 Å². The van der Waals surface area contributed by atoms with Crippen LogP contribution in [0.15, 0.2) is 22.7 Å². The lowest BCUT2D eigenvalue weighted by molar-refractivity contribution is -0.140. The fourth-order valence-electron chi connectivity index (χ4n) is 1.17. The number of rotatable bonds is 3. The number of ether oxygens (including phenoxy) is 1. The number of nitrogens with two attached hydrogens (primary N) is 1. The Morgan fingerprint density at radius 3 is 2.86 bits per heavy atom. The van der Waals surface area contributed by atoms with Crippen molar-refractivity contribution in [1.82, 2.24) is 0 Å². The Balaban J connectivity index is 2.71. The Labute approximate surface area is 91.4 Å². The van der Waals surface area contributed by atoms with Gasteiger partial charge >= 0.3 is 5.97 Å². The van der Waals surface area contributed by atoms with Gasteiger partial charge in [0.2, 0.25) is 0 Å². The van der Waals surface area contributed by atoms with Gasteiger partial charge in [-0.15, -0.1) is 0 Å². The smallest absolute Gasteiger partial charge is 0.305 e. The van der Waals surface area contributed by atoms with Crippen LogP contribution in [-0.4, -0.2) is 13.1 Å². The molecular weight excluding hydrogens is 246 g/mol. The zero-order chi connectivity index (χ0) is 10.6.